The van der Waals surface area contributed by atoms with Gasteiger partial charge in [-0.3, -0.25) is 24.1 Å². The van der Waals surface area contributed by atoms with Crippen LogP contribution in [0.4, 0.5) is 9.18 Å². The molecule has 1 aromatic rings. The molecule has 1 aliphatic heterocycles. The van der Waals surface area contributed by atoms with Gasteiger partial charge >= 0.3 is 12.1 Å². The number of esters is 1. The van der Waals surface area contributed by atoms with Gasteiger partial charge in [-0.2, -0.15) is 12.6 Å². The van der Waals surface area contributed by atoms with E-state index in [0.29, 0.717) is 31.0 Å². The summed E-state index contributed by atoms with van der Waals surface area (Å²) in [6.07, 6.45) is 4.51. The van der Waals surface area contributed by atoms with Crippen molar-refractivity contribution in [2.75, 3.05) is 33.1 Å². The average Bonchev–Trinajstić information content (AvgIpc) is 3.04. The van der Waals surface area contributed by atoms with Crippen molar-refractivity contribution < 1.29 is 37.8 Å². The second kappa shape index (κ2) is 25.9. The number of Topliss-reactive ketones (excluding diaryl/α,β-unsaturated/α-hetero) is 1. The lowest BCUT2D eigenvalue weighted by atomic mass is 10.0. The second-order valence-corrected chi connectivity index (χ2v) is 12.0. The van der Waals surface area contributed by atoms with Crippen molar-refractivity contribution in [3.8, 4) is 0 Å². The number of hydrogen-bond acceptors (Lipinski definition) is 8. The standard InChI is InChI=1S/C19H24ClFN2O4.C10H17NO3.C4H10.CH4S/c1-12-6-7-14(9-15(12)20)11-27-19(26)23-8-4-3-5-16(23)18(25)22-13(2)17(24)10-21;1-8(5-6-14-10(3)13)9(2)11(4)7-12;1-4(2)3;1-2/h6-7,9,13,16H,3-5,8,10-11H2,1-2H3,(H,22,25);7H,5-6H2,1-4H3;4H,1-3H3;2H,1H3/b;9-8+;;/t13?,16-;;;/m0.../s1. The Balaban J connectivity index is 0. The lowest BCUT2D eigenvalue weighted by molar-refractivity contribution is -0.140. The third-order valence-electron chi connectivity index (χ3n) is 6.70. The summed E-state index contributed by atoms with van der Waals surface area (Å²) in [4.78, 5) is 60.1. The number of benzene rings is 1. The molecule has 47 heavy (non-hydrogen) atoms. The van der Waals surface area contributed by atoms with E-state index < -0.39 is 36.5 Å². The van der Waals surface area contributed by atoms with E-state index in [4.69, 9.17) is 21.1 Å². The zero-order chi connectivity index (χ0) is 36.7. The van der Waals surface area contributed by atoms with Gasteiger partial charge in [0.25, 0.3) is 0 Å². The zero-order valence-electron chi connectivity index (χ0n) is 29.7. The molecular weight excluding hydrogens is 649 g/mol. The molecule has 2 rings (SSSR count). The fourth-order valence-electron chi connectivity index (χ4n) is 3.79. The van der Waals surface area contributed by atoms with Crippen LogP contribution < -0.4 is 5.32 Å². The minimum Gasteiger partial charge on any atom is -0.466 e. The van der Waals surface area contributed by atoms with Gasteiger partial charge in [-0.1, -0.05) is 50.1 Å². The minimum atomic E-state index is -1.14. The number of hydrogen-bond donors (Lipinski definition) is 2. The molecule has 2 atom stereocenters. The number of carbonyl (C=O) groups excluding carboxylic acids is 5. The van der Waals surface area contributed by atoms with E-state index in [0.717, 1.165) is 47.6 Å². The van der Waals surface area contributed by atoms with Crippen LogP contribution in [0.3, 0.4) is 0 Å². The van der Waals surface area contributed by atoms with Crippen LogP contribution >= 0.6 is 24.2 Å². The normalized spacial score (nSPS) is 14.7. The summed E-state index contributed by atoms with van der Waals surface area (Å²) in [5, 5.41) is 3.07. The molecule has 1 N–H and O–H groups in total. The molecule has 1 heterocycles. The number of thiol groups is 1. The smallest absolute Gasteiger partial charge is 0.410 e. The maximum absolute atomic E-state index is 12.5. The van der Waals surface area contributed by atoms with Gasteiger partial charge in [-0.05, 0) is 76.3 Å². The zero-order valence-corrected chi connectivity index (χ0v) is 31.3. The van der Waals surface area contributed by atoms with Crippen molar-refractivity contribution in [3.05, 3.63) is 45.6 Å². The molecule has 0 radical (unpaired) electrons. The maximum Gasteiger partial charge on any atom is 0.410 e. The lowest BCUT2D eigenvalue weighted by Crippen LogP contribution is -2.54. The minimum absolute atomic E-state index is 0.0421. The number of amides is 3. The monoisotopic (exact) mass is 703 g/mol. The number of nitrogens with zero attached hydrogens (tertiary/aromatic N) is 2. The Hall–Kier alpha value is -3.12. The van der Waals surface area contributed by atoms with Crippen molar-refractivity contribution in [1.82, 2.24) is 15.1 Å². The number of ether oxygens (including phenoxy) is 2. The first-order valence-electron chi connectivity index (χ1n) is 15.6. The summed E-state index contributed by atoms with van der Waals surface area (Å²) in [5.74, 6) is -0.622. The Morgan fingerprint density at radius 2 is 1.70 bits per heavy atom. The van der Waals surface area contributed by atoms with Crippen molar-refractivity contribution in [3.63, 3.8) is 0 Å². The Bertz CT molecular complexity index is 1160. The van der Waals surface area contributed by atoms with Crippen LogP contribution in [0.25, 0.3) is 0 Å². The number of nitrogens with one attached hydrogen (secondary N) is 1. The quantitative estimate of drug-likeness (QED) is 0.149. The summed E-state index contributed by atoms with van der Waals surface area (Å²) in [5.41, 5.74) is 3.61. The van der Waals surface area contributed by atoms with Crippen LogP contribution in [0, 0.1) is 12.8 Å². The molecule has 268 valence electrons. The van der Waals surface area contributed by atoms with Gasteiger partial charge in [0.05, 0.1) is 12.6 Å². The van der Waals surface area contributed by atoms with Crippen molar-refractivity contribution >= 4 is 54.4 Å². The topological polar surface area (TPSA) is 122 Å². The van der Waals surface area contributed by atoms with Gasteiger partial charge in [-0.15, -0.1) is 0 Å². The van der Waals surface area contributed by atoms with Crippen molar-refractivity contribution in [2.45, 2.75) is 99.8 Å². The van der Waals surface area contributed by atoms with Crippen LogP contribution in [-0.4, -0.2) is 85.2 Å². The van der Waals surface area contributed by atoms with E-state index in [9.17, 15) is 28.4 Å². The molecule has 1 fully saturated rings. The van der Waals surface area contributed by atoms with Gasteiger partial charge < -0.3 is 19.7 Å². The maximum atomic E-state index is 12.5. The number of likely N-dealkylation sites (tertiary alicyclic amines) is 1. The van der Waals surface area contributed by atoms with Crippen molar-refractivity contribution in [2.24, 2.45) is 5.92 Å². The predicted octanol–water partition coefficient (Wildman–Crippen LogP) is 6.71. The van der Waals surface area contributed by atoms with Crippen LogP contribution in [0.2, 0.25) is 5.02 Å². The highest BCUT2D eigenvalue weighted by atomic mass is 35.5. The molecule has 0 aliphatic carbocycles. The van der Waals surface area contributed by atoms with E-state index in [2.05, 4.69) is 38.7 Å². The third kappa shape index (κ3) is 20.0. The second-order valence-electron chi connectivity index (χ2n) is 11.6. The fourth-order valence-corrected chi connectivity index (χ4v) is 3.99. The number of carbonyl (C=O) groups is 5. The highest BCUT2D eigenvalue weighted by molar-refractivity contribution is 7.79. The molecular formula is C34H55ClFN3O7S. The first-order chi connectivity index (χ1) is 22.0. The average molecular weight is 704 g/mol. The van der Waals surface area contributed by atoms with Crippen LogP contribution in [0.15, 0.2) is 29.5 Å². The SMILES string of the molecule is CC(=O)OCC/C(C)=C(\C)N(C)C=O.CC(C)C.CS.Cc1ccc(COC(=O)N2CCCC[C@H]2C(=O)NC(C)C(=O)CF)cc1Cl. The molecule has 0 bridgehead atoms. The van der Waals surface area contributed by atoms with Gasteiger partial charge in [0, 0.05) is 37.7 Å². The van der Waals surface area contributed by atoms with E-state index in [-0.39, 0.29) is 12.6 Å². The molecule has 1 unspecified atom stereocenters. The largest absolute Gasteiger partial charge is 0.466 e. The Morgan fingerprint density at radius 3 is 2.21 bits per heavy atom. The molecule has 0 aromatic heterocycles. The lowest BCUT2D eigenvalue weighted by Gasteiger charge is -2.34. The highest BCUT2D eigenvalue weighted by Gasteiger charge is 2.34. The van der Waals surface area contributed by atoms with Gasteiger partial charge in [0.2, 0.25) is 12.3 Å². The summed E-state index contributed by atoms with van der Waals surface area (Å²) in [6, 6.07) is 3.72. The number of aryl methyl sites for hydroxylation is 1. The Kier molecular flexibility index (Phi) is 25.4. The van der Waals surface area contributed by atoms with Crippen LogP contribution in [0.1, 0.15) is 85.3 Å². The van der Waals surface area contributed by atoms with E-state index in [1.807, 2.05) is 32.9 Å². The third-order valence-corrected chi connectivity index (χ3v) is 7.11. The number of alkyl halides is 1. The van der Waals surface area contributed by atoms with Gasteiger partial charge in [-0.25, -0.2) is 9.18 Å². The Morgan fingerprint density at radius 1 is 1.11 bits per heavy atom. The summed E-state index contributed by atoms with van der Waals surface area (Å²) >= 11 is 9.60. The molecule has 1 saturated heterocycles. The van der Waals surface area contributed by atoms with E-state index in [1.54, 1.807) is 19.4 Å². The molecule has 13 heteroatoms. The summed E-state index contributed by atoms with van der Waals surface area (Å²) < 4.78 is 22.6. The van der Waals surface area contributed by atoms with Crippen molar-refractivity contribution in [1.29, 1.82) is 0 Å². The first-order valence-corrected chi connectivity index (χ1v) is 16.8. The predicted molar refractivity (Wildman–Crippen MR) is 188 cm³/mol. The highest BCUT2D eigenvalue weighted by Crippen LogP contribution is 2.21. The molecule has 0 saturated carbocycles. The number of rotatable bonds is 11. The van der Waals surface area contributed by atoms with E-state index in [1.165, 1.54) is 23.6 Å². The first kappa shape index (κ1) is 46.0. The summed E-state index contributed by atoms with van der Waals surface area (Å²) in [6.45, 7) is 14.6. The molecule has 10 nitrogen and oxygen atoms in total. The molecule has 0 spiro atoms. The van der Waals surface area contributed by atoms with E-state index >= 15 is 0 Å². The summed E-state index contributed by atoms with van der Waals surface area (Å²) in [7, 11) is 1.69. The number of allylic oxidation sites excluding steroid dienone is 1. The fraction of sp³-hybridized carbons (Fsp3) is 0.618. The number of piperidine rings is 1. The number of halogens is 2. The van der Waals surface area contributed by atoms with Gasteiger partial charge in [0.1, 0.15) is 19.3 Å². The van der Waals surface area contributed by atoms with Crippen LogP contribution in [-0.2, 0) is 35.3 Å². The number of ketones is 1. The molecule has 1 aromatic carbocycles. The molecule has 3 amide bonds. The Labute approximate surface area is 291 Å². The molecule has 1 aliphatic rings. The van der Waals surface area contributed by atoms with Crippen LogP contribution in [0.5, 0.6) is 0 Å². The van der Waals surface area contributed by atoms with Gasteiger partial charge in [0.15, 0.2) is 5.78 Å².